The van der Waals surface area contributed by atoms with E-state index >= 15 is 0 Å². The van der Waals surface area contributed by atoms with Crippen LogP contribution in [0.4, 0.5) is 11.9 Å². The predicted molar refractivity (Wildman–Crippen MR) is 70.6 cm³/mol. The van der Waals surface area contributed by atoms with Gasteiger partial charge in [-0.3, -0.25) is 0 Å². The summed E-state index contributed by atoms with van der Waals surface area (Å²) in [5, 5.41) is 0. The molecule has 0 amide bonds. The number of hydrogen-bond acceptors (Lipinski definition) is 7. The molecule has 1 aromatic carbocycles. The maximum Gasteiger partial charge on any atom is 0.225 e. The molecule has 2 rings (SSSR count). The largest absolute Gasteiger partial charge is 0.490 e. The molecule has 7 nitrogen and oxygen atoms in total. The van der Waals surface area contributed by atoms with Crippen molar-refractivity contribution in [1.29, 1.82) is 0 Å². The van der Waals surface area contributed by atoms with E-state index in [0.29, 0.717) is 23.9 Å². The van der Waals surface area contributed by atoms with Gasteiger partial charge in [-0.2, -0.15) is 15.0 Å². The number of benzene rings is 1. The zero-order valence-corrected chi connectivity index (χ0v) is 10.5. The minimum atomic E-state index is 0.0733. The smallest absolute Gasteiger partial charge is 0.225 e. The molecule has 0 unspecified atom stereocenters. The first kappa shape index (κ1) is 12.9. The van der Waals surface area contributed by atoms with Crippen LogP contribution in [0.3, 0.4) is 0 Å². The van der Waals surface area contributed by atoms with Crippen LogP contribution in [0, 0.1) is 0 Å². The van der Waals surface area contributed by atoms with Gasteiger partial charge in [0.05, 0.1) is 6.61 Å². The van der Waals surface area contributed by atoms with Gasteiger partial charge >= 0.3 is 0 Å². The molecule has 1 heterocycles. The first-order valence-electron chi connectivity index (χ1n) is 5.79. The van der Waals surface area contributed by atoms with Crippen molar-refractivity contribution in [1.82, 2.24) is 15.0 Å². The van der Waals surface area contributed by atoms with E-state index in [0.717, 1.165) is 0 Å². The highest BCUT2D eigenvalue weighted by atomic mass is 16.5. The molecule has 0 aliphatic heterocycles. The fourth-order valence-electron chi connectivity index (χ4n) is 1.51. The van der Waals surface area contributed by atoms with E-state index in [9.17, 15) is 0 Å². The number of rotatable bonds is 5. The Balaban J connectivity index is 2.09. The normalized spacial score (nSPS) is 10.2. The number of hydrogen-bond donors (Lipinski definition) is 2. The summed E-state index contributed by atoms with van der Waals surface area (Å²) in [6, 6.07) is 7.36. The SMILES string of the molecule is CCOc1ccccc1OCc1nc(N)nc(N)n1. The summed E-state index contributed by atoms with van der Waals surface area (Å²) in [6.45, 7) is 2.61. The highest BCUT2D eigenvalue weighted by molar-refractivity contribution is 5.39. The molecule has 0 spiro atoms. The van der Waals surface area contributed by atoms with Crippen molar-refractivity contribution in [3.05, 3.63) is 30.1 Å². The van der Waals surface area contributed by atoms with Crippen LogP contribution in [0.2, 0.25) is 0 Å². The van der Waals surface area contributed by atoms with Gasteiger partial charge in [-0.05, 0) is 19.1 Å². The predicted octanol–water partition coefficient (Wildman–Crippen LogP) is 1.01. The zero-order chi connectivity index (χ0) is 13.7. The number of para-hydroxylation sites is 2. The quantitative estimate of drug-likeness (QED) is 0.826. The molecule has 0 aliphatic rings. The summed E-state index contributed by atoms with van der Waals surface area (Å²) in [6.07, 6.45) is 0. The van der Waals surface area contributed by atoms with Crippen LogP contribution in [0.15, 0.2) is 24.3 Å². The van der Waals surface area contributed by atoms with Crippen molar-refractivity contribution in [2.75, 3.05) is 18.1 Å². The first-order chi connectivity index (χ1) is 9.19. The standard InChI is InChI=1S/C12H15N5O2/c1-2-18-8-5-3-4-6-9(8)19-7-10-15-11(13)17-12(14)16-10/h3-6H,2,7H2,1H3,(H4,13,14,15,16,17). The van der Waals surface area contributed by atoms with Crippen molar-refractivity contribution >= 4 is 11.9 Å². The molecule has 1 aromatic heterocycles. The van der Waals surface area contributed by atoms with Crippen LogP contribution < -0.4 is 20.9 Å². The van der Waals surface area contributed by atoms with E-state index in [1.54, 1.807) is 6.07 Å². The number of nitrogens with two attached hydrogens (primary N) is 2. The van der Waals surface area contributed by atoms with E-state index < -0.39 is 0 Å². The van der Waals surface area contributed by atoms with Gasteiger partial charge in [0, 0.05) is 0 Å². The average molecular weight is 261 g/mol. The third-order valence-electron chi connectivity index (χ3n) is 2.22. The highest BCUT2D eigenvalue weighted by Crippen LogP contribution is 2.26. The lowest BCUT2D eigenvalue weighted by Gasteiger charge is -2.11. The molecule has 0 saturated heterocycles. The summed E-state index contributed by atoms with van der Waals surface area (Å²) < 4.78 is 11.0. The second-order valence-electron chi connectivity index (χ2n) is 3.64. The first-order valence-corrected chi connectivity index (χ1v) is 5.79. The molecule has 0 saturated carbocycles. The van der Waals surface area contributed by atoms with Gasteiger partial charge < -0.3 is 20.9 Å². The van der Waals surface area contributed by atoms with E-state index in [1.807, 2.05) is 25.1 Å². The molecule has 0 bridgehead atoms. The summed E-state index contributed by atoms with van der Waals surface area (Å²) in [7, 11) is 0. The van der Waals surface area contributed by atoms with Crippen molar-refractivity contribution in [2.45, 2.75) is 13.5 Å². The Morgan fingerprint density at radius 2 is 1.53 bits per heavy atom. The third-order valence-corrected chi connectivity index (χ3v) is 2.22. The number of anilines is 2. The summed E-state index contributed by atoms with van der Waals surface area (Å²) in [5.41, 5.74) is 11.0. The lowest BCUT2D eigenvalue weighted by Crippen LogP contribution is -2.09. The van der Waals surface area contributed by atoms with Crippen LogP contribution in [-0.4, -0.2) is 21.6 Å². The van der Waals surface area contributed by atoms with Crippen LogP contribution in [0.5, 0.6) is 11.5 Å². The summed E-state index contributed by atoms with van der Waals surface area (Å²) in [5.74, 6) is 1.80. The van der Waals surface area contributed by atoms with Gasteiger partial charge in [-0.15, -0.1) is 0 Å². The maximum absolute atomic E-state index is 5.60. The second kappa shape index (κ2) is 5.85. The Bertz CT molecular complexity index is 541. The number of nitrogen functional groups attached to an aromatic ring is 2. The Morgan fingerprint density at radius 3 is 2.11 bits per heavy atom. The van der Waals surface area contributed by atoms with Crippen LogP contribution in [-0.2, 0) is 6.61 Å². The van der Waals surface area contributed by atoms with Gasteiger partial charge in [0.15, 0.2) is 17.3 Å². The topological polar surface area (TPSA) is 109 Å². The van der Waals surface area contributed by atoms with Crippen molar-refractivity contribution in [3.63, 3.8) is 0 Å². The van der Waals surface area contributed by atoms with Gasteiger partial charge in [0.2, 0.25) is 11.9 Å². The lowest BCUT2D eigenvalue weighted by molar-refractivity contribution is 0.263. The van der Waals surface area contributed by atoms with Crippen LogP contribution in [0.1, 0.15) is 12.7 Å². The monoisotopic (exact) mass is 261 g/mol. The number of nitrogens with zero attached hydrogens (tertiary/aromatic N) is 3. The molecule has 100 valence electrons. The Morgan fingerprint density at radius 1 is 0.947 bits per heavy atom. The minimum absolute atomic E-state index is 0.0733. The van der Waals surface area contributed by atoms with E-state index in [2.05, 4.69) is 15.0 Å². The fourth-order valence-corrected chi connectivity index (χ4v) is 1.51. The number of aromatic nitrogens is 3. The maximum atomic E-state index is 5.60. The summed E-state index contributed by atoms with van der Waals surface area (Å²) >= 11 is 0. The van der Waals surface area contributed by atoms with Crippen molar-refractivity contribution in [2.24, 2.45) is 0 Å². The van der Waals surface area contributed by atoms with Crippen LogP contribution >= 0.6 is 0 Å². The molecule has 0 aliphatic carbocycles. The van der Waals surface area contributed by atoms with Crippen LogP contribution in [0.25, 0.3) is 0 Å². The molecule has 0 fully saturated rings. The average Bonchev–Trinajstić information content (AvgIpc) is 2.37. The molecule has 0 radical (unpaired) electrons. The number of ether oxygens (including phenoxy) is 2. The van der Waals surface area contributed by atoms with Gasteiger partial charge in [0.1, 0.15) is 6.61 Å². The Hall–Kier alpha value is -2.57. The Kier molecular flexibility index (Phi) is 3.97. The third kappa shape index (κ3) is 3.44. The van der Waals surface area contributed by atoms with Crippen molar-refractivity contribution in [3.8, 4) is 11.5 Å². The molecule has 0 atom stereocenters. The highest BCUT2D eigenvalue weighted by Gasteiger charge is 2.06. The molecule has 7 heteroatoms. The minimum Gasteiger partial charge on any atom is -0.490 e. The van der Waals surface area contributed by atoms with Gasteiger partial charge in [-0.25, -0.2) is 0 Å². The Labute approximate surface area is 110 Å². The second-order valence-corrected chi connectivity index (χ2v) is 3.64. The fraction of sp³-hybridized carbons (Fsp3) is 0.250. The van der Waals surface area contributed by atoms with Gasteiger partial charge in [-0.1, -0.05) is 12.1 Å². The molecule has 4 N–H and O–H groups in total. The van der Waals surface area contributed by atoms with Crippen molar-refractivity contribution < 1.29 is 9.47 Å². The van der Waals surface area contributed by atoms with E-state index in [1.165, 1.54) is 0 Å². The van der Waals surface area contributed by atoms with E-state index in [4.69, 9.17) is 20.9 Å². The van der Waals surface area contributed by atoms with E-state index in [-0.39, 0.29) is 18.5 Å². The molecule has 2 aromatic rings. The van der Waals surface area contributed by atoms with Gasteiger partial charge in [0.25, 0.3) is 0 Å². The summed E-state index contributed by atoms with van der Waals surface area (Å²) in [4.78, 5) is 11.6. The molecular weight excluding hydrogens is 246 g/mol. The molecular formula is C12H15N5O2. The molecule has 19 heavy (non-hydrogen) atoms. The zero-order valence-electron chi connectivity index (χ0n) is 10.5. The lowest BCUT2D eigenvalue weighted by atomic mass is 10.3.